The van der Waals surface area contributed by atoms with Crippen molar-refractivity contribution in [2.45, 2.75) is 20.0 Å². The first-order chi connectivity index (χ1) is 4.95. The van der Waals surface area contributed by atoms with Crippen molar-refractivity contribution in [3.05, 3.63) is 12.2 Å². The number of hydrogen-bond donors (Lipinski definition) is 1. The van der Waals surface area contributed by atoms with Gasteiger partial charge in [0.1, 0.15) is 6.10 Å². The molecule has 0 aliphatic carbocycles. The Hall–Kier alpha value is -0.830. The molecule has 0 saturated heterocycles. The minimum Gasteiger partial charge on any atom is -0.384 e. The van der Waals surface area contributed by atoms with Crippen LogP contribution in [0, 0.1) is 0 Å². The van der Waals surface area contributed by atoms with Crippen LogP contribution in [-0.4, -0.2) is 35.6 Å². The molecule has 0 aliphatic heterocycles. The molecule has 1 amide bonds. The van der Waals surface area contributed by atoms with E-state index in [-0.39, 0.29) is 5.91 Å². The molecule has 0 aliphatic rings. The van der Waals surface area contributed by atoms with Crippen LogP contribution in [0.25, 0.3) is 0 Å². The summed E-state index contributed by atoms with van der Waals surface area (Å²) in [5.74, 6) is -0.270. The maximum Gasteiger partial charge on any atom is 0.251 e. The Morgan fingerprint density at radius 2 is 2.18 bits per heavy atom. The van der Waals surface area contributed by atoms with Gasteiger partial charge in [0.05, 0.1) is 0 Å². The molecule has 0 saturated carbocycles. The molecule has 0 aromatic carbocycles. The van der Waals surface area contributed by atoms with Crippen LogP contribution in [0.3, 0.4) is 0 Å². The van der Waals surface area contributed by atoms with Gasteiger partial charge in [0.15, 0.2) is 0 Å². The molecule has 0 heterocycles. The van der Waals surface area contributed by atoms with E-state index in [0.29, 0.717) is 6.54 Å². The summed E-state index contributed by atoms with van der Waals surface area (Å²) >= 11 is 0. The van der Waals surface area contributed by atoms with Gasteiger partial charge in [0, 0.05) is 13.6 Å². The quantitative estimate of drug-likeness (QED) is 0.602. The first-order valence-corrected chi connectivity index (χ1v) is 3.52. The number of aliphatic hydroxyl groups is 1. The molecule has 0 bridgehead atoms. The molecule has 3 nitrogen and oxygen atoms in total. The standard InChI is InChI=1S/C8H15NO2/c1-6(2)5-9(4)8(11)7(3)10/h7,10H,1,5H2,2-4H3. The highest BCUT2D eigenvalue weighted by Gasteiger charge is 2.13. The van der Waals surface area contributed by atoms with Gasteiger partial charge in [0.25, 0.3) is 5.91 Å². The number of rotatable bonds is 3. The topological polar surface area (TPSA) is 40.5 Å². The van der Waals surface area contributed by atoms with E-state index in [1.807, 2.05) is 6.92 Å². The Balaban J connectivity index is 3.93. The summed E-state index contributed by atoms with van der Waals surface area (Å²) in [7, 11) is 1.64. The second kappa shape index (κ2) is 4.13. The van der Waals surface area contributed by atoms with Crippen LogP contribution in [0.4, 0.5) is 0 Å². The van der Waals surface area contributed by atoms with Gasteiger partial charge >= 0.3 is 0 Å². The Labute approximate surface area is 67.3 Å². The molecule has 0 aromatic heterocycles. The van der Waals surface area contributed by atoms with Gasteiger partial charge in [0.2, 0.25) is 0 Å². The molecule has 0 spiro atoms. The van der Waals surface area contributed by atoms with Gasteiger partial charge in [-0.1, -0.05) is 12.2 Å². The third kappa shape index (κ3) is 3.78. The van der Waals surface area contributed by atoms with Crippen molar-refractivity contribution in [2.24, 2.45) is 0 Å². The molecule has 0 aromatic rings. The number of likely N-dealkylation sites (N-methyl/N-ethyl adjacent to an activating group) is 1. The maximum absolute atomic E-state index is 11.0. The largest absolute Gasteiger partial charge is 0.384 e. The molecular weight excluding hydrogens is 142 g/mol. The minimum absolute atomic E-state index is 0.270. The van der Waals surface area contributed by atoms with Crippen molar-refractivity contribution in [2.75, 3.05) is 13.6 Å². The van der Waals surface area contributed by atoms with Gasteiger partial charge in [-0.15, -0.1) is 0 Å². The van der Waals surface area contributed by atoms with E-state index in [4.69, 9.17) is 5.11 Å². The highest BCUT2D eigenvalue weighted by Crippen LogP contribution is 1.95. The van der Waals surface area contributed by atoms with Crippen LogP contribution in [0.15, 0.2) is 12.2 Å². The van der Waals surface area contributed by atoms with Gasteiger partial charge < -0.3 is 10.0 Å². The van der Waals surface area contributed by atoms with Crippen LogP contribution >= 0.6 is 0 Å². The minimum atomic E-state index is -0.917. The van der Waals surface area contributed by atoms with Crippen molar-refractivity contribution >= 4 is 5.91 Å². The maximum atomic E-state index is 11.0. The first-order valence-electron chi connectivity index (χ1n) is 3.52. The van der Waals surface area contributed by atoms with Crippen molar-refractivity contribution in [1.82, 2.24) is 4.90 Å². The second-order valence-corrected chi connectivity index (χ2v) is 2.83. The monoisotopic (exact) mass is 157 g/mol. The number of carbonyl (C=O) groups is 1. The Morgan fingerprint density at radius 1 is 1.73 bits per heavy atom. The predicted octanol–water partition coefficient (Wildman–Crippen LogP) is 0.402. The van der Waals surface area contributed by atoms with Gasteiger partial charge in [-0.05, 0) is 13.8 Å². The molecule has 0 rings (SSSR count). The third-order valence-corrected chi connectivity index (χ3v) is 1.24. The molecule has 1 unspecified atom stereocenters. The zero-order chi connectivity index (χ0) is 9.02. The van der Waals surface area contributed by atoms with E-state index in [2.05, 4.69) is 6.58 Å². The molecule has 0 radical (unpaired) electrons. The van der Waals surface area contributed by atoms with E-state index in [1.54, 1.807) is 7.05 Å². The molecule has 11 heavy (non-hydrogen) atoms. The Bertz CT molecular complexity index is 163. The Kier molecular flexibility index (Phi) is 3.82. The average molecular weight is 157 g/mol. The lowest BCUT2D eigenvalue weighted by Crippen LogP contribution is -2.35. The summed E-state index contributed by atoms with van der Waals surface area (Å²) in [5.41, 5.74) is 0.904. The van der Waals surface area contributed by atoms with Crippen LogP contribution < -0.4 is 0 Å². The molecular formula is C8H15NO2. The molecule has 1 atom stereocenters. The average Bonchev–Trinajstić information content (AvgIpc) is 1.84. The lowest BCUT2D eigenvalue weighted by Gasteiger charge is -2.18. The van der Waals surface area contributed by atoms with Crippen LogP contribution in [0.5, 0.6) is 0 Å². The van der Waals surface area contributed by atoms with Crippen molar-refractivity contribution < 1.29 is 9.90 Å². The van der Waals surface area contributed by atoms with E-state index >= 15 is 0 Å². The zero-order valence-corrected chi connectivity index (χ0v) is 7.29. The van der Waals surface area contributed by atoms with Crippen LogP contribution in [-0.2, 0) is 4.79 Å². The summed E-state index contributed by atoms with van der Waals surface area (Å²) in [6.07, 6.45) is -0.917. The Morgan fingerprint density at radius 3 is 2.45 bits per heavy atom. The SMILES string of the molecule is C=C(C)CN(C)C(=O)C(C)O. The number of aliphatic hydroxyl groups excluding tert-OH is 1. The second-order valence-electron chi connectivity index (χ2n) is 2.83. The molecule has 0 fully saturated rings. The van der Waals surface area contributed by atoms with Crippen LogP contribution in [0.2, 0.25) is 0 Å². The van der Waals surface area contributed by atoms with Gasteiger partial charge in [-0.2, -0.15) is 0 Å². The zero-order valence-electron chi connectivity index (χ0n) is 7.29. The molecule has 64 valence electrons. The number of carbonyl (C=O) groups excluding carboxylic acids is 1. The predicted molar refractivity (Wildman–Crippen MR) is 44.1 cm³/mol. The lowest BCUT2D eigenvalue weighted by molar-refractivity contribution is -0.137. The highest BCUT2D eigenvalue weighted by molar-refractivity contribution is 5.80. The third-order valence-electron chi connectivity index (χ3n) is 1.24. The number of hydrogen-bond acceptors (Lipinski definition) is 2. The first kappa shape index (κ1) is 10.2. The normalized spacial score (nSPS) is 12.4. The summed E-state index contributed by atoms with van der Waals surface area (Å²) < 4.78 is 0. The van der Waals surface area contributed by atoms with Gasteiger partial charge in [-0.25, -0.2) is 0 Å². The van der Waals surface area contributed by atoms with Crippen molar-refractivity contribution in [1.29, 1.82) is 0 Å². The summed E-state index contributed by atoms with van der Waals surface area (Å²) in [6.45, 7) is 7.46. The molecule has 1 N–H and O–H groups in total. The highest BCUT2D eigenvalue weighted by atomic mass is 16.3. The van der Waals surface area contributed by atoms with Crippen LogP contribution in [0.1, 0.15) is 13.8 Å². The van der Waals surface area contributed by atoms with E-state index in [9.17, 15) is 4.79 Å². The fraction of sp³-hybridized carbons (Fsp3) is 0.625. The van der Waals surface area contributed by atoms with Crippen molar-refractivity contribution in [3.8, 4) is 0 Å². The molecule has 3 heteroatoms. The summed E-state index contributed by atoms with van der Waals surface area (Å²) in [5, 5.41) is 8.88. The van der Waals surface area contributed by atoms with Crippen molar-refractivity contribution in [3.63, 3.8) is 0 Å². The fourth-order valence-electron chi connectivity index (χ4n) is 0.802. The van der Waals surface area contributed by atoms with Gasteiger partial charge in [-0.3, -0.25) is 4.79 Å². The van der Waals surface area contributed by atoms with E-state index < -0.39 is 6.10 Å². The number of amides is 1. The van der Waals surface area contributed by atoms with E-state index in [1.165, 1.54) is 11.8 Å². The number of nitrogens with zero attached hydrogens (tertiary/aromatic N) is 1. The lowest BCUT2D eigenvalue weighted by atomic mass is 10.3. The summed E-state index contributed by atoms with van der Waals surface area (Å²) in [6, 6.07) is 0. The fourth-order valence-corrected chi connectivity index (χ4v) is 0.802. The smallest absolute Gasteiger partial charge is 0.251 e. The summed E-state index contributed by atoms with van der Waals surface area (Å²) in [4.78, 5) is 12.5. The van der Waals surface area contributed by atoms with E-state index in [0.717, 1.165) is 5.57 Å².